The Labute approximate surface area is 262 Å². The molecule has 2 heterocycles. The number of aryl methyl sites for hydroxylation is 2. The van der Waals surface area contributed by atoms with Gasteiger partial charge in [0.2, 0.25) is 0 Å². The third-order valence-corrected chi connectivity index (χ3v) is 9.19. The molecule has 1 atom stereocenters. The van der Waals surface area contributed by atoms with Gasteiger partial charge < -0.3 is 20.1 Å². The van der Waals surface area contributed by atoms with Crippen LogP contribution in [0.4, 0.5) is 5.69 Å². The highest BCUT2D eigenvalue weighted by molar-refractivity contribution is 5.95. The summed E-state index contributed by atoms with van der Waals surface area (Å²) in [5.41, 5.74) is 6.07. The van der Waals surface area contributed by atoms with Crippen LogP contribution in [-0.4, -0.2) is 40.7 Å². The minimum absolute atomic E-state index is 0.139. The van der Waals surface area contributed by atoms with E-state index in [2.05, 4.69) is 10.2 Å². The molecule has 7 heteroatoms. The molecule has 1 unspecified atom stereocenters. The molecule has 1 saturated heterocycles. The summed E-state index contributed by atoms with van der Waals surface area (Å²) in [5.74, 6) is -1.16. The molecule has 1 amide bonds. The number of hydrogen-bond donors (Lipinski definition) is 2. The average Bonchev–Trinajstić information content (AvgIpc) is 3.25. The number of rotatable bonds is 8. The molecule has 1 saturated carbocycles. The number of pyridine rings is 1. The second kappa shape index (κ2) is 13.1. The molecule has 1 aliphatic carbocycles. The summed E-state index contributed by atoms with van der Waals surface area (Å²) in [7, 11) is 0. The molecule has 2 fully saturated rings. The summed E-state index contributed by atoms with van der Waals surface area (Å²) in [6.07, 6.45) is 7.45. The standard InChI is InChI=1S/C37H47N3O4/c1-25-30(28-15-17-29(18-16-28)34(41)38-23-27-13-9-8-10-14-27)32(40-22-21-37(24-40)19-11-6-7-12-20-37)31(26(2)39-25)33(35(42)43)44-36(3,4)5/h8-10,13-18,33H,6-7,11-12,19-24H2,1-5H3,(H,38,41)(H,42,43). The van der Waals surface area contributed by atoms with Crippen molar-refractivity contribution in [3.63, 3.8) is 0 Å². The molecule has 5 rings (SSSR count). The zero-order valence-electron chi connectivity index (χ0n) is 26.9. The molecule has 1 aliphatic heterocycles. The maximum Gasteiger partial charge on any atom is 0.337 e. The van der Waals surface area contributed by atoms with Crippen LogP contribution >= 0.6 is 0 Å². The Morgan fingerprint density at radius 2 is 1.61 bits per heavy atom. The van der Waals surface area contributed by atoms with Gasteiger partial charge in [0, 0.05) is 47.7 Å². The molecule has 1 aromatic heterocycles. The number of carboxylic acids is 1. The number of anilines is 1. The molecular weight excluding hydrogens is 550 g/mol. The second-order valence-electron chi connectivity index (χ2n) is 13.7. The molecule has 44 heavy (non-hydrogen) atoms. The number of ether oxygens (including phenoxy) is 1. The molecule has 2 aliphatic rings. The van der Waals surface area contributed by atoms with Crippen LogP contribution in [0.1, 0.15) is 105 Å². The minimum atomic E-state index is -1.16. The van der Waals surface area contributed by atoms with Gasteiger partial charge >= 0.3 is 5.97 Å². The van der Waals surface area contributed by atoms with Gasteiger partial charge in [-0.3, -0.25) is 9.78 Å². The Morgan fingerprint density at radius 3 is 2.23 bits per heavy atom. The van der Waals surface area contributed by atoms with E-state index in [-0.39, 0.29) is 11.3 Å². The van der Waals surface area contributed by atoms with Crippen molar-refractivity contribution in [1.29, 1.82) is 0 Å². The number of nitrogens with one attached hydrogen (secondary N) is 1. The highest BCUT2D eigenvalue weighted by Crippen LogP contribution is 2.49. The van der Waals surface area contributed by atoms with Crippen molar-refractivity contribution in [1.82, 2.24) is 10.3 Å². The van der Waals surface area contributed by atoms with Crippen LogP contribution in [0, 0.1) is 19.3 Å². The van der Waals surface area contributed by atoms with Crippen molar-refractivity contribution in [2.45, 2.75) is 97.8 Å². The number of carbonyl (C=O) groups is 2. The van der Waals surface area contributed by atoms with Gasteiger partial charge in [-0.05, 0) is 82.6 Å². The van der Waals surface area contributed by atoms with Gasteiger partial charge in [0.25, 0.3) is 5.91 Å². The molecule has 234 valence electrons. The Balaban J connectivity index is 1.56. The number of amides is 1. The molecule has 3 aromatic rings. The fraction of sp³-hybridized carbons (Fsp3) is 0.486. The second-order valence-corrected chi connectivity index (χ2v) is 13.7. The predicted molar refractivity (Wildman–Crippen MR) is 175 cm³/mol. The minimum Gasteiger partial charge on any atom is -0.479 e. The monoisotopic (exact) mass is 597 g/mol. The van der Waals surface area contributed by atoms with Crippen LogP contribution in [0.5, 0.6) is 0 Å². The molecule has 7 nitrogen and oxygen atoms in total. The third kappa shape index (κ3) is 7.15. The molecule has 0 radical (unpaired) electrons. The van der Waals surface area contributed by atoms with Gasteiger partial charge in [-0.2, -0.15) is 0 Å². The lowest BCUT2D eigenvalue weighted by Gasteiger charge is -2.34. The summed E-state index contributed by atoms with van der Waals surface area (Å²) in [6.45, 7) is 11.8. The maximum absolute atomic E-state index is 13.0. The predicted octanol–water partition coefficient (Wildman–Crippen LogP) is 7.79. The van der Waals surface area contributed by atoms with Crippen molar-refractivity contribution in [3.05, 3.63) is 82.7 Å². The van der Waals surface area contributed by atoms with Gasteiger partial charge in [-0.25, -0.2) is 4.79 Å². The molecule has 2 aromatic carbocycles. The quantitative estimate of drug-likeness (QED) is 0.275. The number of hydrogen-bond acceptors (Lipinski definition) is 5. The summed E-state index contributed by atoms with van der Waals surface area (Å²) in [5, 5.41) is 13.5. The Morgan fingerprint density at radius 1 is 0.955 bits per heavy atom. The molecular formula is C37H47N3O4. The number of carboxylic acid groups (broad SMARTS) is 1. The van der Waals surface area contributed by atoms with Crippen LogP contribution in [-0.2, 0) is 16.1 Å². The van der Waals surface area contributed by atoms with Crippen molar-refractivity contribution in [3.8, 4) is 11.1 Å². The number of aromatic nitrogens is 1. The van der Waals surface area contributed by atoms with E-state index in [4.69, 9.17) is 9.72 Å². The van der Waals surface area contributed by atoms with E-state index in [9.17, 15) is 14.7 Å². The van der Waals surface area contributed by atoms with E-state index in [0.717, 1.165) is 47.6 Å². The normalized spacial score (nSPS) is 17.3. The zero-order valence-corrected chi connectivity index (χ0v) is 26.9. The van der Waals surface area contributed by atoms with E-state index < -0.39 is 17.7 Å². The first-order valence-electron chi connectivity index (χ1n) is 16.1. The molecule has 0 bridgehead atoms. The number of carbonyl (C=O) groups excluding carboxylic acids is 1. The first kappa shape index (κ1) is 31.7. The van der Waals surface area contributed by atoms with E-state index >= 15 is 0 Å². The van der Waals surface area contributed by atoms with Crippen LogP contribution < -0.4 is 10.2 Å². The van der Waals surface area contributed by atoms with Crippen LogP contribution in [0.2, 0.25) is 0 Å². The fourth-order valence-electron chi connectivity index (χ4n) is 7.10. The SMILES string of the molecule is Cc1nc(C)c(C(OC(C)(C)C)C(=O)O)c(N2CCC3(CCCCCC3)C2)c1-c1ccc(C(=O)NCc2ccccc2)cc1. The summed E-state index contributed by atoms with van der Waals surface area (Å²) < 4.78 is 6.25. The van der Waals surface area contributed by atoms with Gasteiger partial charge in [0.15, 0.2) is 6.10 Å². The zero-order chi connectivity index (χ0) is 31.5. The lowest BCUT2D eigenvalue weighted by Crippen LogP contribution is -2.32. The highest BCUT2D eigenvalue weighted by Gasteiger charge is 2.42. The maximum atomic E-state index is 13.0. The van der Waals surface area contributed by atoms with Crippen molar-refractivity contribution < 1.29 is 19.4 Å². The topological polar surface area (TPSA) is 91.8 Å². The average molecular weight is 598 g/mol. The van der Waals surface area contributed by atoms with E-state index in [1.54, 1.807) is 0 Å². The van der Waals surface area contributed by atoms with Crippen molar-refractivity contribution >= 4 is 17.6 Å². The van der Waals surface area contributed by atoms with Gasteiger partial charge in [0.1, 0.15) is 0 Å². The summed E-state index contributed by atoms with van der Waals surface area (Å²) >= 11 is 0. The number of aliphatic carboxylic acids is 1. The van der Waals surface area contributed by atoms with Crippen molar-refractivity contribution in [2.24, 2.45) is 5.41 Å². The first-order chi connectivity index (χ1) is 21.0. The van der Waals surface area contributed by atoms with Crippen molar-refractivity contribution in [2.75, 3.05) is 18.0 Å². The van der Waals surface area contributed by atoms with Gasteiger partial charge in [0.05, 0.1) is 11.3 Å². The number of nitrogens with zero attached hydrogens (tertiary/aromatic N) is 2. The fourth-order valence-corrected chi connectivity index (χ4v) is 7.10. The molecule has 2 N–H and O–H groups in total. The van der Waals surface area contributed by atoms with Crippen LogP contribution in [0.3, 0.4) is 0 Å². The Bertz CT molecular complexity index is 1470. The van der Waals surface area contributed by atoms with E-state index in [1.807, 2.05) is 89.2 Å². The van der Waals surface area contributed by atoms with E-state index in [0.29, 0.717) is 23.4 Å². The smallest absolute Gasteiger partial charge is 0.337 e. The molecule has 1 spiro atoms. The first-order valence-corrected chi connectivity index (χ1v) is 16.1. The largest absolute Gasteiger partial charge is 0.479 e. The lowest BCUT2D eigenvalue weighted by molar-refractivity contribution is -0.160. The summed E-state index contributed by atoms with van der Waals surface area (Å²) in [6, 6.07) is 17.5. The van der Waals surface area contributed by atoms with E-state index in [1.165, 1.54) is 38.5 Å². The van der Waals surface area contributed by atoms with Gasteiger partial charge in [-0.1, -0.05) is 68.1 Å². The number of benzene rings is 2. The summed E-state index contributed by atoms with van der Waals surface area (Å²) in [4.78, 5) is 33.2. The lowest BCUT2D eigenvalue weighted by atomic mass is 9.80. The Kier molecular flexibility index (Phi) is 9.45. The van der Waals surface area contributed by atoms with Crippen LogP contribution in [0.15, 0.2) is 54.6 Å². The highest BCUT2D eigenvalue weighted by atomic mass is 16.5. The van der Waals surface area contributed by atoms with Crippen LogP contribution in [0.25, 0.3) is 11.1 Å². The third-order valence-electron chi connectivity index (χ3n) is 9.19. The van der Waals surface area contributed by atoms with Gasteiger partial charge in [-0.15, -0.1) is 0 Å². The Hall–Kier alpha value is -3.71.